The van der Waals surface area contributed by atoms with Gasteiger partial charge in [0.2, 0.25) is 0 Å². The zero-order chi connectivity index (χ0) is 25.0. The number of ether oxygens (including phenoxy) is 3. The predicted octanol–water partition coefficient (Wildman–Crippen LogP) is 6.25. The molecule has 0 fully saturated rings. The normalized spacial score (nSPS) is 11.6. The number of aliphatic hydroxyl groups is 1. The van der Waals surface area contributed by atoms with Crippen LogP contribution in [0.15, 0.2) is 66.7 Å². The standard InChI is InChI=1S/C29H34O6/c1-33-28-18-22(14-16-26(28)32)24(30)12-8-3-4-9-13-25(31)23-15-17-27(29(19-23)34-2)35-20-21-10-6-5-7-11-21/h5-7,10-11,14-19,25,31-32H,3-4,8-9,12-13,20H2,1-2H3. The Morgan fingerprint density at radius 2 is 1.57 bits per heavy atom. The fraction of sp³-hybridized carbons (Fsp3) is 0.345. The maximum Gasteiger partial charge on any atom is 0.163 e. The van der Waals surface area contributed by atoms with Crippen molar-refractivity contribution < 1.29 is 29.2 Å². The maximum atomic E-state index is 12.4. The van der Waals surface area contributed by atoms with E-state index in [1.807, 2.05) is 48.5 Å². The molecule has 0 saturated carbocycles. The zero-order valence-electron chi connectivity index (χ0n) is 20.4. The predicted molar refractivity (Wildman–Crippen MR) is 135 cm³/mol. The molecule has 1 atom stereocenters. The Morgan fingerprint density at radius 3 is 2.31 bits per heavy atom. The third-order valence-electron chi connectivity index (χ3n) is 5.94. The lowest BCUT2D eigenvalue weighted by molar-refractivity contribution is 0.0978. The van der Waals surface area contributed by atoms with Crippen molar-refractivity contribution >= 4 is 5.78 Å². The van der Waals surface area contributed by atoms with Crippen LogP contribution in [0, 0.1) is 0 Å². The molecule has 1 unspecified atom stereocenters. The quantitative estimate of drug-likeness (QED) is 0.211. The second-order valence-electron chi connectivity index (χ2n) is 8.46. The number of hydrogen-bond donors (Lipinski definition) is 2. The summed E-state index contributed by atoms with van der Waals surface area (Å²) in [7, 11) is 3.05. The van der Waals surface area contributed by atoms with E-state index in [4.69, 9.17) is 14.2 Å². The van der Waals surface area contributed by atoms with Gasteiger partial charge in [0.1, 0.15) is 6.61 Å². The van der Waals surface area contributed by atoms with Gasteiger partial charge in [0.25, 0.3) is 0 Å². The molecule has 0 amide bonds. The molecule has 35 heavy (non-hydrogen) atoms. The molecule has 186 valence electrons. The first-order valence-corrected chi connectivity index (χ1v) is 11.9. The second kappa shape index (κ2) is 13.4. The Bertz CT molecular complexity index is 1080. The number of ketones is 1. The molecule has 3 aromatic carbocycles. The summed E-state index contributed by atoms with van der Waals surface area (Å²) in [6, 6.07) is 20.1. The van der Waals surface area contributed by atoms with E-state index in [-0.39, 0.29) is 11.5 Å². The van der Waals surface area contributed by atoms with Crippen LogP contribution >= 0.6 is 0 Å². The van der Waals surface area contributed by atoms with Gasteiger partial charge in [0, 0.05) is 12.0 Å². The smallest absolute Gasteiger partial charge is 0.163 e. The summed E-state index contributed by atoms with van der Waals surface area (Å²) >= 11 is 0. The molecular formula is C29H34O6. The van der Waals surface area contributed by atoms with Crippen LogP contribution in [0.4, 0.5) is 0 Å². The van der Waals surface area contributed by atoms with Crippen molar-refractivity contribution in [2.45, 2.75) is 51.2 Å². The molecule has 6 nitrogen and oxygen atoms in total. The minimum absolute atomic E-state index is 0.0228. The summed E-state index contributed by atoms with van der Waals surface area (Å²) in [5.74, 6) is 1.60. The number of carbonyl (C=O) groups is 1. The lowest BCUT2D eigenvalue weighted by Crippen LogP contribution is -2.02. The topological polar surface area (TPSA) is 85.2 Å². The van der Waals surface area contributed by atoms with Gasteiger partial charge in [-0.25, -0.2) is 0 Å². The van der Waals surface area contributed by atoms with E-state index in [0.717, 1.165) is 36.8 Å². The zero-order valence-corrected chi connectivity index (χ0v) is 20.4. The SMILES string of the molecule is COc1cc(C(=O)CCCCCCC(O)c2ccc(OCc3ccccc3)c(OC)c2)ccc1O. The largest absolute Gasteiger partial charge is 0.504 e. The molecule has 0 radical (unpaired) electrons. The van der Waals surface area contributed by atoms with Crippen molar-refractivity contribution in [2.75, 3.05) is 14.2 Å². The summed E-state index contributed by atoms with van der Waals surface area (Å²) in [6.45, 7) is 0.446. The highest BCUT2D eigenvalue weighted by atomic mass is 16.5. The maximum absolute atomic E-state index is 12.4. The van der Waals surface area contributed by atoms with E-state index < -0.39 is 6.10 Å². The van der Waals surface area contributed by atoms with Crippen molar-refractivity contribution in [3.8, 4) is 23.0 Å². The monoisotopic (exact) mass is 478 g/mol. The highest BCUT2D eigenvalue weighted by Gasteiger charge is 2.13. The lowest BCUT2D eigenvalue weighted by atomic mass is 10.00. The molecule has 0 aliphatic carbocycles. The molecule has 6 heteroatoms. The van der Waals surface area contributed by atoms with Crippen LogP contribution in [0.2, 0.25) is 0 Å². The number of aliphatic hydroxyl groups excluding tert-OH is 1. The number of aromatic hydroxyl groups is 1. The minimum atomic E-state index is -0.585. The van der Waals surface area contributed by atoms with Gasteiger partial charge in [-0.1, -0.05) is 55.7 Å². The van der Waals surface area contributed by atoms with E-state index >= 15 is 0 Å². The number of carbonyl (C=O) groups excluding carboxylic acids is 1. The van der Waals surface area contributed by atoms with Crippen molar-refractivity contribution in [1.29, 1.82) is 0 Å². The summed E-state index contributed by atoms with van der Waals surface area (Å²) < 4.78 is 16.4. The third-order valence-corrected chi connectivity index (χ3v) is 5.94. The Balaban J connectivity index is 1.39. The first kappa shape index (κ1) is 26.1. The van der Waals surface area contributed by atoms with Crippen molar-refractivity contribution in [2.24, 2.45) is 0 Å². The van der Waals surface area contributed by atoms with Gasteiger partial charge < -0.3 is 24.4 Å². The molecule has 0 aliphatic heterocycles. The van der Waals surface area contributed by atoms with Crippen LogP contribution in [0.5, 0.6) is 23.0 Å². The van der Waals surface area contributed by atoms with Gasteiger partial charge in [-0.2, -0.15) is 0 Å². The van der Waals surface area contributed by atoms with Crippen LogP contribution in [0.25, 0.3) is 0 Å². The number of phenols is 1. The van der Waals surface area contributed by atoms with Gasteiger partial charge in [0.15, 0.2) is 28.8 Å². The third kappa shape index (κ3) is 7.76. The number of rotatable bonds is 14. The van der Waals surface area contributed by atoms with E-state index in [2.05, 4.69) is 0 Å². The van der Waals surface area contributed by atoms with E-state index in [0.29, 0.717) is 42.3 Å². The van der Waals surface area contributed by atoms with Gasteiger partial charge >= 0.3 is 0 Å². The first-order valence-electron chi connectivity index (χ1n) is 11.9. The summed E-state index contributed by atoms with van der Waals surface area (Å²) in [4.78, 5) is 12.4. The fourth-order valence-corrected chi connectivity index (χ4v) is 3.88. The Labute approximate surface area is 207 Å². The molecular weight excluding hydrogens is 444 g/mol. The van der Waals surface area contributed by atoms with Crippen molar-refractivity contribution in [3.05, 3.63) is 83.4 Å². The molecule has 2 N–H and O–H groups in total. The molecule has 0 aliphatic rings. The number of unbranched alkanes of at least 4 members (excludes halogenated alkanes) is 3. The van der Waals surface area contributed by atoms with Crippen LogP contribution in [-0.2, 0) is 6.61 Å². The van der Waals surface area contributed by atoms with E-state index in [1.54, 1.807) is 19.2 Å². The number of hydrogen-bond acceptors (Lipinski definition) is 6. The van der Waals surface area contributed by atoms with Crippen LogP contribution in [-0.4, -0.2) is 30.2 Å². The molecule has 0 saturated heterocycles. The van der Waals surface area contributed by atoms with Gasteiger partial charge in [-0.3, -0.25) is 4.79 Å². The molecule has 0 spiro atoms. The Morgan fingerprint density at radius 1 is 0.829 bits per heavy atom. The molecule has 3 aromatic rings. The van der Waals surface area contributed by atoms with Crippen molar-refractivity contribution in [3.63, 3.8) is 0 Å². The average molecular weight is 479 g/mol. The fourth-order valence-electron chi connectivity index (χ4n) is 3.88. The number of Topliss-reactive ketones (excluding diaryl/α,β-unsaturated/α-hetero) is 1. The van der Waals surface area contributed by atoms with Gasteiger partial charge in [0.05, 0.1) is 20.3 Å². The molecule has 0 aromatic heterocycles. The lowest BCUT2D eigenvalue weighted by Gasteiger charge is -2.15. The Kier molecular flexibility index (Phi) is 9.99. The molecule has 0 heterocycles. The van der Waals surface area contributed by atoms with E-state index in [1.165, 1.54) is 13.2 Å². The highest BCUT2D eigenvalue weighted by molar-refractivity contribution is 5.96. The summed E-state index contributed by atoms with van der Waals surface area (Å²) in [6.07, 6.45) is 3.96. The van der Waals surface area contributed by atoms with E-state index in [9.17, 15) is 15.0 Å². The second-order valence-corrected chi connectivity index (χ2v) is 8.46. The minimum Gasteiger partial charge on any atom is -0.504 e. The van der Waals surface area contributed by atoms with Gasteiger partial charge in [-0.05, 0) is 54.3 Å². The number of benzene rings is 3. The first-order chi connectivity index (χ1) is 17.0. The number of phenolic OH excluding ortho intramolecular Hbond substituents is 1. The van der Waals surface area contributed by atoms with Crippen molar-refractivity contribution in [1.82, 2.24) is 0 Å². The summed E-state index contributed by atoms with van der Waals surface area (Å²) in [5.41, 5.74) is 2.41. The van der Waals surface area contributed by atoms with Crippen LogP contribution in [0.3, 0.4) is 0 Å². The summed E-state index contributed by atoms with van der Waals surface area (Å²) in [5, 5.41) is 20.3. The average Bonchev–Trinajstić information content (AvgIpc) is 2.89. The molecule has 3 rings (SSSR count). The van der Waals surface area contributed by atoms with Crippen LogP contribution < -0.4 is 14.2 Å². The van der Waals surface area contributed by atoms with Gasteiger partial charge in [-0.15, -0.1) is 0 Å². The Hall–Kier alpha value is -3.51. The van der Waals surface area contributed by atoms with Crippen LogP contribution in [0.1, 0.15) is 66.1 Å². The number of methoxy groups -OCH3 is 2. The molecule has 0 bridgehead atoms. The highest BCUT2D eigenvalue weighted by Crippen LogP contribution is 2.32.